The summed E-state index contributed by atoms with van der Waals surface area (Å²) >= 11 is 0. The number of carbonyl (C=O) groups is 1. The summed E-state index contributed by atoms with van der Waals surface area (Å²) in [5.74, 6) is 0.746. The van der Waals surface area contributed by atoms with E-state index >= 15 is 4.39 Å². The number of aromatic nitrogens is 4. The van der Waals surface area contributed by atoms with Crippen molar-refractivity contribution in [3.05, 3.63) is 64.4 Å². The molecular formula is C42H50F2N8O3. The molecule has 10 rings (SSSR count). The van der Waals surface area contributed by atoms with E-state index in [4.69, 9.17) is 19.8 Å². The molecule has 4 fully saturated rings. The van der Waals surface area contributed by atoms with E-state index in [0.717, 1.165) is 97.3 Å². The molecule has 4 aromatic rings. The zero-order valence-corrected chi connectivity index (χ0v) is 31.7. The number of hydrogen-bond donors (Lipinski definition) is 1. The number of aromatic hydroxyl groups is 1. The molecule has 8 heterocycles. The fourth-order valence-electron chi connectivity index (χ4n) is 11.0. The first-order valence-electron chi connectivity index (χ1n) is 20.5. The molecule has 290 valence electrons. The van der Waals surface area contributed by atoms with Crippen LogP contribution in [0.2, 0.25) is 0 Å². The molecule has 55 heavy (non-hydrogen) atoms. The Morgan fingerprint density at radius 3 is 2.67 bits per heavy atom. The second-order valence-electron chi connectivity index (χ2n) is 16.8. The Balaban J connectivity index is 0.996. The number of alkyl halides is 1. The first-order chi connectivity index (χ1) is 26.8. The van der Waals surface area contributed by atoms with Gasteiger partial charge in [-0.2, -0.15) is 15.1 Å². The molecule has 2 aromatic carbocycles. The third-order valence-corrected chi connectivity index (χ3v) is 13.5. The van der Waals surface area contributed by atoms with Gasteiger partial charge in [-0.1, -0.05) is 13.0 Å². The van der Waals surface area contributed by atoms with Crippen LogP contribution in [0.5, 0.6) is 11.8 Å². The first kappa shape index (κ1) is 34.9. The number of nitrogens with zero attached hydrogens (tertiary/aromatic N) is 8. The zero-order valence-electron chi connectivity index (χ0n) is 31.7. The number of halogens is 2. The van der Waals surface area contributed by atoms with Crippen molar-refractivity contribution in [2.75, 3.05) is 42.6 Å². The Kier molecular flexibility index (Phi) is 8.64. The van der Waals surface area contributed by atoms with E-state index in [0.29, 0.717) is 81.9 Å². The van der Waals surface area contributed by atoms with Gasteiger partial charge in [0, 0.05) is 67.4 Å². The molecule has 6 aliphatic rings. The molecule has 6 aliphatic heterocycles. The van der Waals surface area contributed by atoms with Gasteiger partial charge in [-0.3, -0.25) is 14.4 Å². The molecule has 4 atom stereocenters. The number of carbonyl (C=O) groups excluding carboxylic acids is 1. The molecule has 0 radical (unpaired) electrons. The number of aryl methyl sites for hydroxylation is 2. The van der Waals surface area contributed by atoms with Gasteiger partial charge >= 0.3 is 6.01 Å². The molecular weight excluding hydrogens is 703 g/mol. The maximum Gasteiger partial charge on any atom is 0.318 e. The van der Waals surface area contributed by atoms with Crippen molar-refractivity contribution in [3.8, 4) is 11.8 Å². The van der Waals surface area contributed by atoms with Crippen molar-refractivity contribution in [1.29, 1.82) is 0 Å². The Bertz CT molecular complexity index is 2140. The fourth-order valence-corrected chi connectivity index (χ4v) is 11.0. The van der Waals surface area contributed by atoms with Gasteiger partial charge in [0.15, 0.2) is 5.69 Å². The Hall–Kier alpha value is -4.52. The van der Waals surface area contributed by atoms with Crippen molar-refractivity contribution in [2.45, 2.75) is 121 Å². The van der Waals surface area contributed by atoms with E-state index in [1.54, 1.807) is 18.2 Å². The van der Waals surface area contributed by atoms with E-state index in [-0.39, 0.29) is 29.0 Å². The standard InChI is InChI=1S/C42H50F2N8O3/c1-2-32-34(44)11-8-26-18-31(53)20-37(38(26)32)48-17-12-33-36(24-48)45-41(55-25-42-13-4-15-50(42)22-27(43)21-42)46-39(33)49-14-5-16-51-30(23-49)19-35(47-51)40(54)52-28-6-3-7-29(52)10-9-28/h8,11,18-20,27-29,53H,2-7,9-10,12-17,21-25H2,1H3/t27-,28?,29?,42+/m1/s1. The predicted octanol–water partition coefficient (Wildman–Crippen LogP) is 6.32. The summed E-state index contributed by atoms with van der Waals surface area (Å²) in [6, 6.07) is 9.55. The van der Waals surface area contributed by atoms with E-state index in [1.807, 2.05) is 17.7 Å². The van der Waals surface area contributed by atoms with E-state index < -0.39 is 6.17 Å². The summed E-state index contributed by atoms with van der Waals surface area (Å²) < 4.78 is 38.4. The van der Waals surface area contributed by atoms with Crippen molar-refractivity contribution in [3.63, 3.8) is 0 Å². The van der Waals surface area contributed by atoms with Crippen molar-refractivity contribution in [2.24, 2.45) is 0 Å². The number of rotatable bonds is 7. The monoisotopic (exact) mass is 752 g/mol. The molecule has 11 nitrogen and oxygen atoms in total. The SMILES string of the molecule is CCc1c(F)ccc2cc(O)cc(N3CCc4c(nc(OC[C@@]56CCCN5C[C@H](F)C6)nc4N4CCCn5nc(C(=O)N6C7CCCC6CC7)cc5C4)C3)c12. The number of fused-ring (bicyclic) bond motifs is 6. The number of phenolic OH excluding ortho intramolecular Hbond substituents is 1. The van der Waals surface area contributed by atoms with Gasteiger partial charge in [0.05, 0.1) is 30.0 Å². The number of phenols is 1. The predicted molar refractivity (Wildman–Crippen MR) is 205 cm³/mol. The lowest BCUT2D eigenvalue weighted by Crippen LogP contribution is -2.44. The maximum absolute atomic E-state index is 15.2. The molecule has 0 spiro atoms. The van der Waals surface area contributed by atoms with Crippen LogP contribution in [0.1, 0.15) is 97.7 Å². The molecule has 0 aliphatic carbocycles. The van der Waals surface area contributed by atoms with Crippen molar-refractivity contribution < 1.29 is 23.4 Å². The number of ether oxygens (including phenoxy) is 1. The molecule has 0 saturated carbocycles. The summed E-state index contributed by atoms with van der Waals surface area (Å²) in [5.41, 5.74) is 4.43. The molecule has 2 unspecified atom stereocenters. The number of anilines is 2. The molecule has 2 bridgehead atoms. The third-order valence-electron chi connectivity index (χ3n) is 13.5. The molecule has 13 heteroatoms. The third kappa shape index (κ3) is 5.99. The number of piperidine rings is 1. The zero-order chi connectivity index (χ0) is 37.4. The topological polar surface area (TPSA) is 103 Å². The number of hydrogen-bond acceptors (Lipinski definition) is 9. The lowest BCUT2D eigenvalue weighted by atomic mass is 9.95. The highest BCUT2D eigenvalue weighted by atomic mass is 19.1. The van der Waals surface area contributed by atoms with Crippen LogP contribution in [0.25, 0.3) is 10.8 Å². The summed E-state index contributed by atoms with van der Waals surface area (Å²) in [6.07, 6.45) is 9.00. The Labute approximate surface area is 320 Å². The van der Waals surface area contributed by atoms with Crippen LogP contribution in [0.4, 0.5) is 20.3 Å². The summed E-state index contributed by atoms with van der Waals surface area (Å²) in [4.78, 5) is 32.9. The minimum absolute atomic E-state index is 0.0582. The van der Waals surface area contributed by atoms with Gasteiger partial charge in [-0.15, -0.1) is 0 Å². The average molecular weight is 753 g/mol. The van der Waals surface area contributed by atoms with Crippen LogP contribution in [-0.4, -0.2) is 97.1 Å². The van der Waals surface area contributed by atoms with Crippen LogP contribution in [-0.2, 0) is 32.5 Å². The van der Waals surface area contributed by atoms with Crippen molar-refractivity contribution >= 4 is 28.2 Å². The largest absolute Gasteiger partial charge is 0.508 e. The van der Waals surface area contributed by atoms with Gasteiger partial charge in [-0.25, -0.2) is 8.78 Å². The van der Waals surface area contributed by atoms with Crippen LogP contribution >= 0.6 is 0 Å². The van der Waals surface area contributed by atoms with Gasteiger partial charge in [0.25, 0.3) is 5.91 Å². The highest BCUT2D eigenvalue weighted by Crippen LogP contribution is 2.42. The summed E-state index contributed by atoms with van der Waals surface area (Å²) in [5, 5.41) is 17.3. The summed E-state index contributed by atoms with van der Waals surface area (Å²) in [7, 11) is 0. The van der Waals surface area contributed by atoms with E-state index in [2.05, 4.69) is 19.6 Å². The number of amides is 1. The molecule has 1 N–H and O–H groups in total. The second-order valence-corrected chi connectivity index (χ2v) is 16.8. The van der Waals surface area contributed by atoms with Gasteiger partial charge in [-0.05, 0) is 99.9 Å². The highest BCUT2D eigenvalue weighted by Gasteiger charge is 2.49. The Morgan fingerprint density at radius 2 is 1.84 bits per heavy atom. The quantitative estimate of drug-likeness (QED) is 0.233. The molecule has 1 amide bonds. The van der Waals surface area contributed by atoms with Crippen LogP contribution in [0, 0.1) is 5.82 Å². The van der Waals surface area contributed by atoms with Crippen LogP contribution in [0.3, 0.4) is 0 Å². The smallest absolute Gasteiger partial charge is 0.318 e. The second kappa shape index (κ2) is 13.6. The van der Waals surface area contributed by atoms with E-state index in [9.17, 15) is 14.3 Å². The minimum atomic E-state index is -0.865. The lowest BCUT2D eigenvalue weighted by molar-refractivity contribution is 0.0588. The molecule has 4 saturated heterocycles. The van der Waals surface area contributed by atoms with Gasteiger partial charge in [0.2, 0.25) is 0 Å². The maximum atomic E-state index is 15.2. The average Bonchev–Trinajstić information content (AvgIpc) is 3.88. The number of benzene rings is 2. The minimum Gasteiger partial charge on any atom is -0.508 e. The lowest BCUT2D eigenvalue weighted by Gasteiger charge is -2.35. The normalized spacial score (nSPS) is 26.3. The van der Waals surface area contributed by atoms with Gasteiger partial charge < -0.3 is 24.5 Å². The van der Waals surface area contributed by atoms with Crippen LogP contribution in [0.15, 0.2) is 30.3 Å². The highest BCUT2D eigenvalue weighted by molar-refractivity contribution is 5.98. The fraction of sp³-hybridized carbons (Fsp3) is 0.571. The summed E-state index contributed by atoms with van der Waals surface area (Å²) in [6.45, 7) is 6.63. The Morgan fingerprint density at radius 1 is 0.982 bits per heavy atom. The van der Waals surface area contributed by atoms with Gasteiger partial charge in [0.1, 0.15) is 30.2 Å². The molecule has 2 aromatic heterocycles. The van der Waals surface area contributed by atoms with E-state index in [1.165, 1.54) is 12.5 Å². The van der Waals surface area contributed by atoms with Crippen LogP contribution < -0.4 is 14.5 Å². The van der Waals surface area contributed by atoms with Crippen molar-refractivity contribution in [1.82, 2.24) is 29.5 Å². The first-order valence-corrected chi connectivity index (χ1v) is 20.5.